The van der Waals surface area contributed by atoms with Crippen molar-refractivity contribution in [1.82, 2.24) is 19.5 Å². The van der Waals surface area contributed by atoms with Gasteiger partial charge in [-0.3, -0.25) is 0 Å². The fraction of sp³-hybridized carbons (Fsp3) is 0.0392. The van der Waals surface area contributed by atoms with E-state index >= 15 is 0 Å². The molecule has 264 valence electrons. The summed E-state index contributed by atoms with van der Waals surface area (Å²) in [6.07, 6.45) is 6.59. The maximum atomic E-state index is 5.37. The van der Waals surface area contributed by atoms with E-state index in [0.29, 0.717) is 17.5 Å². The topological polar surface area (TPSA) is 43.6 Å². The van der Waals surface area contributed by atoms with Crippen LogP contribution in [-0.4, -0.2) is 19.5 Å². The second-order valence-electron chi connectivity index (χ2n) is 14.2. The Morgan fingerprint density at radius 3 is 1.91 bits per heavy atom. The lowest BCUT2D eigenvalue weighted by molar-refractivity contribution is 0.888. The first-order chi connectivity index (χ1) is 27.8. The third-order valence-corrected chi connectivity index (χ3v) is 12.1. The molecule has 0 saturated carbocycles. The largest absolute Gasteiger partial charge is 0.313 e. The minimum Gasteiger partial charge on any atom is -0.313 e. The molecule has 0 bridgehead atoms. The van der Waals surface area contributed by atoms with Crippen molar-refractivity contribution < 1.29 is 0 Å². The Morgan fingerprint density at radius 1 is 0.464 bits per heavy atom. The van der Waals surface area contributed by atoms with Crippen molar-refractivity contribution in [2.45, 2.75) is 12.8 Å². The lowest BCUT2D eigenvalue weighted by atomic mass is 9.91. The van der Waals surface area contributed by atoms with Crippen LogP contribution >= 0.6 is 11.3 Å². The molecule has 0 N–H and O–H groups in total. The van der Waals surface area contributed by atoms with E-state index in [4.69, 9.17) is 15.0 Å². The number of benzene rings is 7. The minimum atomic E-state index is 0.640. The standard InChI is InChI=1S/C51H34N4S/c1-3-16-33(17-4-1)36-20-7-8-21-37(36)38-22-9-10-24-41(38)50-52-49(53-51(54-50)43-26-15-29-47-48(43)42-25-12-14-28-46(42)56-47)34-30-31-40-39-23-11-13-27-44(39)55(45(40)32-34)35-18-5-2-6-19-35/h1-12,14-26,28-32H,13,27H2. The van der Waals surface area contributed by atoms with Crippen LogP contribution in [-0.2, 0) is 6.42 Å². The highest BCUT2D eigenvalue weighted by Gasteiger charge is 2.22. The molecule has 1 aliphatic rings. The molecule has 0 unspecified atom stereocenters. The number of hydrogen-bond acceptors (Lipinski definition) is 4. The lowest BCUT2D eigenvalue weighted by Crippen LogP contribution is -2.03. The average molecular weight is 735 g/mol. The number of hydrogen-bond donors (Lipinski definition) is 0. The molecule has 0 saturated heterocycles. The summed E-state index contributed by atoms with van der Waals surface area (Å²) in [6.45, 7) is 0. The molecule has 0 aliphatic heterocycles. The molecule has 10 aromatic rings. The molecule has 3 heterocycles. The van der Waals surface area contributed by atoms with E-state index in [-0.39, 0.29) is 0 Å². The summed E-state index contributed by atoms with van der Waals surface area (Å²) in [5.41, 5.74) is 12.4. The van der Waals surface area contributed by atoms with E-state index in [2.05, 4.69) is 187 Å². The van der Waals surface area contributed by atoms with Crippen LogP contribution in [0.15, 0.2) is 176 Å². The van der Waals surface area contributed by atoms with E-state index in [1.165, 1.54) is 42.4 Å². The molecule has 1 aliphatic carbocycles. The second kappa shape index (κ2) is 13.4. The molecule has 11 rings (SSSR count). The molecule has 0 spiro atoms. The van der Waals surface area contributed by atoms with Crippen molar-refractivity contribution in [1.29, 1.82) is 0 Å². The van der Waals surface area contributed by atoms with Crippen LogP contribution in [0.4, 0.5) is 0 Å². The number of allylic oxidation sites excluding steroid dienone is 1. The van der Waals surface area contributed by atoms with Crippen LogP contribution in [0.1, 0.15) is 17.7 Å². The van der Waals surface area contributed by atoms with Crippen molar-refractivity contribution in [3.63, 3.8) is 0 Å². The van der Waals surface area contributed by atoms with Gasteiger partial charge in [0.2, 0.25) is 0 Å². The number of rotatable bonds is 6. The highest BCUT2D eigenvalue weighted by Crippen LogP contribution is 2.42. The molecule has 5 heteroatoms. The van der Waals surface area contributed by atoms with Crippen LogP contribution < -0.4 is 0 Å². The van der Waals surface area contributed by atoms with Crippen molar-refractivity contribution in [3.05, 3.63) is 187 Å². The summed E-state index contributed by atoms with van der Waals surface area (Å²) in [5, 5.41) is 3.62. The Balaban J connectivity index is 1.17. The van der Waals surface area contributed by atoms with E-state index in [1.54, 1.807) is 11.3 Å². The first kappa shape index (κ1) is 32.5. The predicted molar refractivity (Wildman–Crippen MR) is 234 cm³/mol. The molecular weight excluding hydrogens is 701 g/mol. The smallest absolute Gasteiger partial charge is 0.164 e. The summed E-state index contributed by atoms with van der Waals surface area (Å²) in [5.74, 6) is 1.94. The van der Waals surface area contributed by atoms with Crippen LogP contribution in [0.3, 0.4) is 0 Å². The Kier molecular flexibility index (Phi) is 7.78. The molecule has 3 aromatic heterocycles. The number of para-hydroxylation sites is 1. The van der Waals surface area contributed by atoms with Gasteiger partial charge in [-0.25, -0.2) is 15.0 Å². The first-order valence-electron chi connectivity index (χ1n) is 19.1. The Labute approximate surface area is 328 Å². The fourth-order valence-electron chi connectivity index (χ4n) is 8.44. The molecule has 0 radical (unpaired) electrons. The Morgan fingerprint density at radius 2 is 1.09 bits per heavy atom. The van der Waals surface area contributed by atoms with Gasteiger partial charge in [0.15, 0.2) is 17.5 Å². The van der Waals surface area contributed by atoms with E-state index in [9.17, 15) is 0 Å². The molecule has 4 nitrogen and oxygen atoms in total. The van der Waals surface area contributed by atoms with Crippen LogP contribution in [0, 0.1) is 0 Å². The fourth-order valence-corrected chi connectivity index (χ4v) is 9.57. The summed E-state index contributed by atoms with van der Waals surface area (Å²) in [7, 11) is 0. The Bertz CT molecular complexity index is 3140. The highest BCUT2D eigenvalue weighted by molar-refractivity contribution is 7.25. The minimum absolute atomic E-state index is 0.640. The molecule has 0 atom stereocenters. The van der Waals surface area contributed by atoms with Gasteiger partial charge in [-0.1, -0.05) is 152 Å². The maximum absolute atomic E-state index is 5.37. The maximum Gasteiger partial charge on any atom is 0.164 e. The number of aromatic nitrogens is 4. The van der Waals surface area contributed by atoms with Gasteiger partial charge in [0.1, 0.15) is 0 Å². The summed E-state index contributed by atoms with van der Waals surface area (Å²) in [4.78, 5) is 16.1. The summed E-state index contributed by atoms with van der Waals surface area (Å²) < 4.78 is 4.89. The van der Waals surface area contributed by atoms with Crippen LogP contribution in [0.5, 0.6) is 0 Å². The highest BCUT2D eigenvalue weighted by atomic mass is 32.1. The van der Waals surface area contributed by atoms with Gasteiger partial charge >= 0.3 is 0 Å². The summed E-state index contributed by atoms with van der Waals surface area (Å²) in [6, 6.07) is 60.2. The van der Waals surface area contributed by atoms with Gasteiger partial charge < -0.3 is 4.57 Å². The molecule has 56 heavy (non-hydrogen) atoms. The van der Waals surface area contributed by atoms with Crippen LogP contribution in [0.2, 0.25) is 0 Å². The number of thiophene rings is 1. The predicted octanol–water partition coefficient (Wildman–Crippen LogP) is 13.5. The first-order valence-corrected chi connectivity index (χ1v) is 19.9. The second-order valence-corrected chi connectivity index (χ2v) is 15.3. The third-order valence-electron chi connectivity index (χ3n) is 11.0. The zero-order valence-corrected chi connectivity index (χ0v) is 31.2. The monoisotopic (exact) mass is 734 g/mol. The molecule has 0 amide bonds. The quantitative estimate of drug-likeness (QED) is 0.171. The zero-order valence-electron chi connectivity index (χ0n) is 30.4. The Hall–Kier alpha value is -6.95. The normalized spacial score (nSPS) is 12.4. The van der Waals surface area contributed by atoms with Gasteiger partial charge in [-0.05, 0) is 65.4 Å². The lowest BCUT2D eigenvalue weighted by Gasteiger charge is -2.15. The van der Waals surface area contributed by atoms with Crippen molar-refractivity contribution in [2.75, 3.05) is 0 Å². The molecule has 7 aromatic carbocycles. The van der Waals surface area contributed by atoms with E-state index < -0.39 is 0 Å². The van der Waals surface area contributed by atoms with E-state index in [0.717, 1.165) is 57.4 Å². The van der Waals surface area contributed by atoms with Gasteiger partial charge in [-0.2, -0.15) is 0 Å². The van der Waals surface area contributed by atoms with Gasteiger partial charge in [0, 0.05) is 59.2 Å². The van der Waals surface area contributed by atoms with Gasteiger partial charge in [0.25, 0.3) is 0 Å². The SMILES string of the molecule is C1=Cc2c(n(-c3ccccc3)c3cc(-c4nc(-c5ccccc5-c5ccccc5-c5ccccc5)nc(-c5cccc6sc7ccccc7c56)n4)ccc23)CC1. The molecule has 0 fully saturated rings. The zero-order chi connectivity index (χ0) is 37.0. The van der Waals surface area contributed by atoms with Gasteiger partial charge in [0.05, 0.1) is 5.52 Å². The van der Waals surface area contributed by atoms with Crippen molar-refractivity contribution in [3.8, 4) is 62.1 Å². The molecular formula is C51H34N4S. The average Bonchev–Trinajstić information content (AvgIpc) is 3.82. The summed E-state index contributed by atoms with van der Waals surface area (Å²) >= 11 is 1.81. The van der Waals surface area contributed by atoms with Crippen LogP contribution in [0.25, 0.3) is 99.3 Å². The third kappa shape index (κ3) is 5.39. The van der Waals surface area contributed by atoms with Crippen molar-refractivity contribution in [2.24, 2.45) is 0 Å². The van der Waals surface area contributed by atoms with E-state index in [1.807, 2.05) is 0 Å². The van der Waals surface area contributed by atoms with Gasteiger partial charge in [-0.15, -0.1) is 11.3 Å². The number of nitrogens with zero attached hydrogens (tertiary/aromatic N) is 4. The number of fused-ring (bicyclic) bond motifs is 6. The van der Waals surface area contributed by atoms with Crippen molar-refractivity contribution >= 4 is 48.5 Å².